The minimum absolute atomic E-state index is 0.0684. The van der Waals surface area contributed by atoms with E-state index in [9.17, 15) is 4.79 Å². The average molecular weight is 411 g/mol. The summed E-state index contributed by atoms with van der Waals surface area (Å²) in [5.74, 6) is 1.72. The molecule has 0 saturated carbocycles. The van der Waals surface area contributed by atoms with E-state index in [4.69, 9.17) is 4.74 Å². The highest BCUT2D eigenvalue weighted by Gasteiger charge is 2.17. The fourth-order valence-corrected chi connectivity index (χ4v) is 3.77. The fraction of sp³-hybridized carbons (Fsp3) is 0.318. The van der Waals surface area contributed by atoms with Crippen LogP contribution in [0.25, 0.3) is 11.4 Å². The lowest BCUT2D eigenvalue weighted by Gasteiger charge is -2.11. The molecule has 0 aliphatic rings. The molecule has 0 saturated heterocycles. The van der Waals surface area contributed by atoms with Crippen LogP contribution < -0.4 is 10.1 Å². The number of nitrogens with zero attached hydrogens (tertiary/aromatic N) is 3. The van der Waals surface area contributed by atoms with Crippen LogP contribution in [0.4, 0.5) is 5.69 Å². The molecule has 0 aliphatic heterocycles. The maximum absolute atomic E-state index is 12.3. The molecule has 3 rings (SSSR count). The number of aromatic nitrogens is 3. The van der Waals surface area contributed by atoms with E-state index in [-0.39, 0.29) is 11.7 Å². The van der Waals surface area contributed by atoms with E-state index in [1.807, 2.05) is 66.9 Å². The van der Waals surface area contributed by atoms with Gasteiger partial charge in [0.15, 0.2) is 11.0 Å². The zero-order valence-electron chi connectivity index (χ0n) is 17.0. The third kappa shape index (κ3) is 5.17. The number of hydrogen-bond donors (Lipinski definition) is 1. The van der Waals surface area contributed by atoms with Crippen LogP contribution in [0, 0.1) is 0 Å². The van der Waals surface area contributed by atoms with Gasteiger partial charge in [-0.25, -0.2) is 0 Å². The predicted molar refractivity (Wildman–Crippen MR) is 117 cm³/mol. The number of hydrogen-bond acceptors (Lipinski definition) is 5. The maximum Gasteiger partial charge on any atom is 0.234 e. The number of nitrogens with one attached hydrogen (secondary N) is 1. The van der Waals surface area contributed by atoms with Crippen molar-refractivity contribution in [3.8, 4) is 17.1 Å². The highest BCUT2D eigenvalue weighted by atomic mass is 32.2. The Labute approximate surface area is 175 Å². The molecular formula is C22H26N4O2S. The van der Waals surface area contributed by atoms with E-state index >= 15 is 0 Å². The Morgan fingerprint density at radius 2 is 1.83 bits per heavy atom. The summed E-state index contributed by atoms with van der Waals surface area (Å²) in [4.78, 5) is 12.3. The van der Waals surface area contributed by atoms with Gasteiger partial charge in [-0.2, -0.15) is 0 Å². The number of aryl methyl sites for hydroxylation is 1. The highest BCUT2D eigenvalue weighted by molar-refractivity contribution is 7.99. The summed E-state index contributed by atoms with van der Waals surface area (Å²) in [6, 6.07) is 15.7. The number of carbonyl (C=O) groups excluding carboxylic acids is 1. The molecule has 0 aliphatic carbocycles. The molecule has 152 valence electrons. The molecule has 0 radical (unpaired) electrons. The molecule has 0 spiro atoms. The van der Waals surface area contributed by atoms with Gasteiger partial charge in [0.2, 0.25) is 5.91 Å². The number of carbonyl (C=O) groups is 1. The molecule has 1 amide bonds. The van der Waals surface area contributed by atoms with Crippen LogP contribution in [0.5, 0.6) is 5.75 Å². The minimum Gasteiger partial charge on any atom is -0.493 e. The smallest absolute Gasteiger partial charge is 0.234 e. The molecular weight excluding hydrogens is 384 g/mol. The lowest BCUT2D eigenvalue weighted by molar-refractivity contribution is -0.113. The lowest BCUT2D eigenvalue weighted by Crippen LogP contribution is -2.14. The van der Waals surface area contributed by atoms with Crippen LogP contribution in [0.1, 0.15) is 26.3 Å². The second-order valence-corrected chi connectivity index (χ2v) is 7.31. The van der Waals surface area contributed by atoms with Crippen LogP contribution in [-0.4, -0.2) is 33.0 Å². The standard InChI is InChI=1S/C22H26N4O2S/c1-4-16-11-13-17(14-12-16)23-20(27)15-29-22-25-24-21(26(22)5-2)18-9-7-8-10-19(18)28-6-3/h7-14H,4-6,15H2,1-3H3,(H,23,27). The van der Waals surface area contributed by atoms with Crippen molar-refractivity contribution in [2.24, 2.45) is 0 Å². The molecule has 1 N–H and O–H groups in total. The van der Waals surface area contributed by atoms with Gasteiger partial charge >= 0.3 is 0 Å². The van der Waals surface area contributed by atoms with E-state index < -0.39 is 0 Å². The topological polar surface area (TPSA) is 69.0 Å². The Hall–Kier alpha value is -2.80. The van der Waals surface area contributed by atoms with Crippen LogP contribution in [0.15, 0.2) is 53.7 Å². The molecule has 2 aromatic carbocycles. The quantitative estimate of drug-likeness (QED) is 0.520. The van der Waals surface area contributed by atoms with E-state index in [0.717, 1.165) is 29.2 Å². The van der Waals surface area contributed by atoms with Crippen molar-refractivity contribution in [2.45, 2.75) is 38.9 Å². The number of anilines is 1. The van der Waals surface area contributed by atoms with Crippen molar-refractivity contribution in [3.05, 3.63) is 54.1 Å². The van der Waals surface area contributed by atoms with Gasteiger partial charge in [-0.1, -0.05) is 43.0 Å². The normalized spacial score (nSPS) is 10.7. The maximum atomic E-state index is 12.3. The van der Waals surface area contributed by atoms with Crippen LogP contribution in [-0.2, 0) is 17.8 Å². The molecule has 0 unspecified atom stereocenters. The number of para-hydroxylation sites is 1. The monoisotopic (exact) mass is 410 g/mol. The van der Waals surface area contributed by atoms with Gasteiger partial charge in [-0.05, 0) is 50.1 Å². The van der Waals surface area contributed by atoms with Crippen molar-refractivity contribution in [3.63, 3.8) is 0 Å². The summed E-state index contributed by atoms with van der Waals surface area (Å²) >= 11 is 1.38. The number of thioether (sulfide) groups is 1. The van der Waals surface area contributed by atoms with Gasteiger partial charge in [0.1, 0.15) is 5.75 Å². The first-order valence-corrected chi connectivity index (χ1v) is 10.8. The van der Waals surface area contributed by atoms with Gasteiger partial charge in [-0.15, -0.1) is 10.2 Å². The summed E-state index contributed by atoms with van der Waals surface area (Å²) < 4.78 is 7.73. The number of benzene rings is 2. The van der Waals surface area contributed by atoms with Gasteiger partial charge in [-0.3, -0.25) is 4.79 Å². The Morgan fingerprint density at radius 1 is 1.07 bits per heavy atom. The van der Waals surface area contributed by atoms with E-state index in [0.29, 0.717) is 18.3 Å². The van der Waals surface area contributed by atoms with Crippen molar-refractivity contribution in [1.82, 2.24) is 14.8 Å². The number of rotatable bonds is 9. The van der Waals surface area contributed by atoms with Gasteiger partial charge < -0.3 is 14.6 Å². The fourth-order valence-electron chi connectivity index (χ4n) is 2.96. The molecule has 29 heavy (non-hydrogen) atoms. The van der Waals surface area contributed by atoms with Crippen molar-refractivity contribution >= 4 is 23.4 Å². The van der Waals surface area contributed by atoms with Gasteiger partial charge in [0.05, 0.1) is 17.9 Å². The lowest BCUT2D eigenvalue weighted by atomic mass is 10.1. The summed E-state index contributed by atoms with van der Waals surface area (Å²) in [5, 5.41) is 12.3. The third-order valence-corrected chi connectivity index (χ3v) is 5.41. The SMILES string of the molecule is CCOc1ccccc1-c1nnc(SCC(=O)Nc2ccc(CC)cc2)n1CC. The Kier molecular flexibility index (Phi) is 7.30. The van der Waals surface area contributed by atoms with Crippen LogP contribution in [0.2, 0.25) is 0 Å². The second-order valence-electron chi connectivity index (χ2n) is 6.37. The largest absolute Gasteiger partial charge is 0.493 e. The van der Waals surface area contributed by atoms with Gasteiger partial charge in [0, 0.05) is 12.2 Å². The van der Waals surface area contributed by atoms with E-state index in [1.54, 1.807) is 0 Å². The van der Waals surface area contributed by atoms with E-state index in [1.165, 1.54) is 17.3 Å². The van der Waals surface area contributed by atoms with Gasteiger partial charge in [0.25, 0.3) is 0 Å². The number of ether oxygens (including phenoxy) is 1. The predicted octanol–water partition coefficient (Wildman–Crippen LogP) is 4.66. The minimum atomic E-state index is -0.0684. The molecule has 7 heteroatoms. The van der Waals surface area contributed by atoms with Crippen molar-refractivity contribution < 1.29 is 9.53 Å². The van der Waals surface area contributed by atoms with Crippen LogP contribution in [0.3, 0.4) is 0 Å². The molecule has 0 fully saturated rings. The molecule has 1 heterocycles. The summed E-state index contributed by atoms with van der Waals surface area (Å²) in [6.07, 6.45) is 0.978. The summed E-state index contributed by atoms with van der Waals surface area (Å²) in [5.41, 5.74) is 2.94. The Bertz CT molecular complexity index is 954. The zero-order chi connectivity index (χ0) is 20.6. The Morgan fingerprint density at radius 3 is 2.52 bits per heavy atom. The zero-order valence-corrected chi connectivity index (χ0v) is 17.8. The summed E-state index contributed by atoms with van der Waals surface area (Å²) in [7, 11) is 0. The molecule has 3 aromatic rings. The van der Waals surface area contributed by atoms with Crippen molar-refractivity contribution in [2.75, 3.05) is 17.7 Å². The third-order valence-electron chi connectivity index (χ3n) is 4.44. The summed E-state index contributed by atoms with van der Waals surface area (Å²) in [6.45, 7) is 7.38. The first-order valence-electron chi connectivity index (χ1n) is 9.83. The van der Waals surface area contributed by atoms with Crippen molar-refractivity contribution in [1.29, 1.82) is 0 Å². The molecule has 0 bridgehead atoms. The first kappa shape index (κ1) is 20.9. The Balaban J connectivity index is 1.69. The van der Waals surface area contributed by atoms with E-state index in [2.05, 4.69) is 22.4 Å². The first-order chi connectivity index (χ1) is 14.2. The number of amides is 1. The average Bonchev–Trinajstić information content (AvgIpc) is 3.16. The molecule has 1 aromatic heterocycles. The highest BCUT2D eigenvalue weighted by Crippen LogP contribution is 2.31. The molecule has 6 nitrogen and oxygen atoms in total. The molecule has 0 atom stereocenters. The second kappa shape index (κ2) is 10.1. The van der Waals surface area contributed by atoms with Crippen LogP contribution >= 0.6 is 11.8 Å².